The van der Waals surface area contributed by atoms with Crippen LogP contribution in [0, 0.1) is 12.3 Å². The largest absolute Gasteiger partial charge is 0.478 e. The van der Waals surface area contributed by atoms with Crippen LogP contribution in [0.3, 0.4) is 0 Å². The molecule has 0 unspecified atom stereocenters. The van der Waals surface area contributed by atoms with Crippen LogP contribution in [0.25, 0.3) is 0 Å². The fraction of sp³-hybridized carbons (Fsp3) is 0.308. The number of carboxylic acids is 1. The molecule has 1 aliphatic carbocycles. The topological polar surface area (TPSA) is 49.3 Å². The molecule has 0 spiro atoms. The van der Waals surface area contributed by atoms with Gasteiger partial charge in [0.1, 0.15) is 0 Å². The van der Waals surface area contributed by atoms with Crippen molar-refractivity contribution in [3.05, 3.63) is 29.3 Å². The Morgan fingerprint density at radius 1 is 1.56 bits per heavy atom. The van der Waals surface area contributed by atoms with Crippen LogP contribution in [0.2, 0.25) is 0 Å². The fourth-order valence-corrected chi connectivity index (χ4v) is 1.74. The van der Waals surface area contributed by atoms with Crippen LogP contribution >= 0.6 is 0 Å². The summed E-state index contributed by atoms with van der Waals surface area (Å²) < 4.78 is 0. The summed E-state index contributed by atoms with van der Waals surface area (Å²) in [5.41, 5.74) is 2.38. The Hall–Kier alpha value is -1.95. The van der Waals surface area contributed by atoms with Crippen LogP contribution in [-0.4, -0.2) is 17.6 Å². The molecule has 0 aromatic heterocycles. The maximum absolute atomic E-state index is 10.9. The molecule has 1 aromatic carbocycles. The highest BCUT2D eigenvalue weighted by Gasteiger charge is 2.26. The number of carbonyl (C=O) groups is 1. The summed E-state index contributed by atoms with van der Waals surface area (Å²) in [5.74, 6) is 2.13. The number of hydrogen-bond donors (Lipinski definition) is 2. The number of terminal acetylenes is 1. The third-order valence-corrected chi connectivity index (χ3v) is 2.70. The Balaban J connectivity index is 2.30. The molecule has 1 aromatic rings. The zero-order valence-corrected chi connectivity index (χ0v) is 8.86. The van der Waals surface area contributed by atoms with E-state index in [9.17, 15) is 4.79 Å². The van der Waals surface area contributed by atoms with Gasteiger partial charge in [0.2, 0.25) is 0 Å². The van der Waals surface area contributed by atoms with Gasteiger partial charge in [-0.25, -0.2) is 4.79 Å². The molecule has 82 valence electrons. The van der Waals surface area contributed by atoms with Crippen LogP contribution in [0.5, 0.6) is 0 Å². The summed E-state index contributed by atoms with van der Waals surface area (Å²) in [6.07, 6.45) is 7.46. The zero-order valence-electron chi connectivity index (χ0n) is 8.86. The first-order valence-corrected chi connectivity index (χ1v) is 5.27. The number of rotatable bonds is 4. The van der Waals surface area contributed by atoms with Gasteiger partial charge in [-0.3, -0.25) is 0 Å². The second-order valence-electron chi connectivity index (χ2n) is 3.94. The number of hydrogen-bond acceptors (Lipinski definition) is 2. The lowest BCUT2D eigenvalue weighted by Gasteiger charge is -2.10. The van der Waals surface area contributed by atoms with Crippen molar-refractivity contribution in [3.8, 4) is 12.3 Å². The molecule has 1 fully saturated rings. The van der Waals surface area contributed by atoms with E-state index in [1.807, 2.05) is 0 Å². The average Bonchev–Trinajstić information content (AvgIpc) is 3.09. The van der Waals surface area contributed by atoms with E-state index in [2.05, 4.69) is 11.2 Å². The van der Waals surface area contributed by atoms with Crippen molar-refractivity contribution in [1.29, 1.82) is 0 Å². The van der Waals surface area contributed by atoms with E-state index in [-0.39, 0.29) is 0 Å². The summed E-state index contributed by atoms with van der Waals surface area (Å²) in [7, 11) is 0. The van der Waals surface area contributed by atoms with Crippen LogP contribution in [0.15, 0.2) is 18.2 Å². The molecule has 0 bridgehead atoms. The van der Waals surface area contributed by atoms with Gasteiger partial charge in [0.15, 0.2) is 0 Å². The molecule has 0 saturated heterocycles. The minimum atomic E-state index is -0.884. The second-order valence-corrected chi connectivity index (χ2v) is 3.94. The van der Waals surface area contributed by atoms with E-state index < -0.39 is 5.97 Å². The molecule has 2 N–H and O–H groups in total. The van der Waals surface area contributed by atoms with Gasteiger partial charge in [0.25, 0.3) is 0 Å². The third-order valence-electron chi connectivity index (χ3n) is 2.70. The van der Waals surface area contributed by atoms with Gasteiger partial charge >= 0.3 is 5.97 Å². The first kappa shape index (κ1) is 10.6. The van der Waals surface area contributed by atoms with Crippen molar-refractivity contribution in [1.82, 2.24) is 0 Å². The second kappa shape index (κ2) is 4.28. The molecule has 0 radical (unpaired) electrons. The Morgan fingerprint density at radius 3 is 2.88 bits per heavy atom. The number of benzene rings is 1. The van der Waals surface area contributed by atoms with Gasteiger partial charge in [0, 0.05) is 5.69 Å². The predicted octanol–water partition coefficient (Wildman–Crippen LogP) is 2.31. The maximum atomic E-state index is 10.9. The molecule has 3 heteroatoms. The summed E-state index contributed by atoms with van der Waals surface area (Å²) in [4.78, 5) is 10.9. The Morgan fingerprint density at radius 2 is 2.31 bits per heavy atom. The van der Waals surface area contributed by atoms with Crippen molar-refractivity contribution in [2.45, 2.75) is 18.8 Å². The highest BCUT2D eigenvalue weighted by molar-refractivity contribution is 5.88. The minimum Gasteiger partial charge on any atom is -0.478 e. The molecule has 1 saturated carbocycles. The van der Waals surface area contributed by atoms with Crippen molar-refractivity contribution in [2.75, 3.05) is 11.9 Å². The van der Waals surface area contributed by atoms with E-state index in [1.54, 1.807) is 18.2 Å². The summed E-state index contributed by atoms with van der Waals surface area (Å²) in [5, 5.41) is 12.0. The lowest BCUT2D eigenvalue weighted by Crippen LogP contribution is -2.04. The maximum Gasteiger partial charge on any atom is 0.335 e. The van der Waals surface area contributed by atoms with Crippen molar-refractivity contribution in [3.63, 3.8) is 0 Å². The van der Waals surface area contributed by atoms with Crippen molar-refractivity contribution in [2.24, 2.45) is 0 Å². The van der Waals surface area contributed by atoms with Gasteiger partial charge in [-0.2, -0.15) is 0 Å². The molecule has 0 heterocycles. The van der Waals surface area contributed by atoms with Crippen LogP contribution in [-0.2, 0) is 0 Å². The van der Waals surface area contributed by atoms with Gasteiger partial charge < -0.3 is 10.4 Å². The summed E-state index contributed by atoms with van der Waals surface area (Å²) >= 11 is 0. The van der Waals surface area contributed by atoms with E-state index in [4.69, 9.17) is 11.5 Å². The van der Waals surface area contributed by atoms with Crippen LogP contribution in [0.1, 0.15) is 34.7 Å². The SMILES string of the molecule is C#CCNc1ccc(C(=O)O)cc1C1CC1. The average molecular weight is 215 g/mol. The van der Waals surface area contributed by atoms with E-state index in [0.29, 0.717) is 18.0 Å². The summed E-state index contributed by atoms with van der Waals surface area (Å²) in [6, 6.07) is 5.15. The monoisotopic (exact) mass is 215 g/mol. The lowest BCUT2D eigenvalue weighted by atomic mass is 10.0. The van der Waals surface area contributed by atoms with Crippen LogP contribution in [0.4, 0.5) is 5.69 Å². The van der Waals surface area contributed by atoms with E-state index >= 15 is 0 Å². The molecule has 0 aliphatic heterocycles. The van der Waals surface area contributed by atoms with Crippen molar-refractivity contribution < 1.29 is 9.90 Å². The Labute approximate surface area is 94.5 Å². The predicted molar refractivity (Wildman–Crippen MR) is 62.7 cm³/mol. The standard InChI is InChI=1S/C13H13NO2/c1-2-7-14-12-6-5-10(13(15)16)8-11(12)9-3-4-9/h1,5-6,8-9,14H,3-4,7H2,(H,15,16). The number of aromatic carboxylic acids is 1. The van der Waals surface area contributed by atoms with Gasteiger partial charge in [-0.1, -0.05) is 5.92 Å². The molecule has 2 rings (SSSR count). The highest BCUT2D eigenvalue weighted by Crippen LogP contribution is 2.43. The fourth-order valence-electron chi connectivity index (χ4n) is 1.74. The van der Waals surface area contributed by atoms with Crippen molar-refractivity contribution >= 4 is 11.7 Å². The summed E-state index contributed by atoms with van der Waals surface area (Å²) in [6.45, 7) is 0.464. The van der Waals surface area contributed by atoms with E-state index in [0.717, 1.165) is 24.1 Å². The smallest absolute Gasteiger partial charge is 0.335 e. The minimum absolute atomic E-state index is 0.341. The Bertz CT molecular complexity index is 455. The molecule has 0 amide bonds. The normalized spacial score (nSPS) is 14.2. The lowest BCUT2D eigenvalue weighted by molar-refractivity contribution is 0.0697. The highest BCUT2D eigenvalue weighted by atomic mass is 16.4. The molecule has 3 nitrogen and oxygen atoms in total. The number of anilines is 1. The van der Waals surface area contributed by atoms with E-state index in [1.165, 1.54) is 0 Å². The molecular weight excluding hydrogens is 202 g/mol. The molecular formula is C13H13NO2. The zero-order chi connectivity index (χ0) is 11.5. The first-order valence-electron chi connectivity index (χ1n) is 5.27. The van der Waals surface area contributed by atoms with Crippen LogP contribution < -0.4 is 5.32 Å². The quantitative estimate of drug-likeness (QED) is 0.758. The molecule has 16 heavy (non-hydrogen) atoms. The number of carboxylic acid groups (broad SMARTS) is 1. The van der Waals surface area contributed by atoms with Gasteiger partial charge in [-0.15, -0.1) is 6.42 Å². The molecule has 0 atom stereocenters. The first-order chi connectivity index (χ1) is 7.72. The Kier molecular flexibility index (Phi) is 2.82. The number of nitrogens with one attached hydrogen (secondary N) is 1. The van der Waals surface area contributed by atoms with Gasteiger partial charge in [-0.05, 0) is 42.5 Å². The van der Waals surface area contributed by atoms with Gasteiger partial charge in [0.05, 0.1) is 12.1 Å². The third kappa shape index (κ3) is 2.17. The molecule has 1 aliphatic rings.